The maximum Gasteiger partial charge on any atom is 0.410 e. The second kappa shape index (κ2) is 7.05. The van der Waals surface area contributed by atoms with Gasteiger partial charge in [-0.3, -0.25) is 0 Å². The highest BCUT2D eigenvalue weighted by atomic mass is 16.6. The van der Waals surface area contributed by atoms with Crippen molar-refractivity contribution in [3.8, 4) is 0 Å². The van der Waals surface area contributed by atoms with Crippen molar-refractivity contribution in [3.05, 3.63) is 23.8 Å². The van der Waals surface area contributed by atoms with Gasteiger partial charge in [0, 0.05) is 37.3 Å². The first-order chi connectivity index (χ1) is 10.4. The third kappa shape index (κ3) is 4.66. The van der Waals surface area contributed by atoms with Gasteiger partial charge >= 0.3 is 6.09 Å². The maximum absolute atomic E-state index is 12.2. The van der Waals surface area contributed by atoms with Crippen molar-refractivity contribution in [1.29, 1.82) is 0 Å². The van der Waals surface area contributed by atoms with Crippen molar-refractivity contribution in [1.82, 2.24) is 14.9 Å². The lowest BCUT2D eigenvalue weighted by molar-refractivity contribution is 0.0197. The number of amides is 1. The Kier molecular flexibility index (Phi) is 5.34. The van der Waals surface area contributed by atoms with E-state index >= 15 is 0 Å². The Hall–Kier alpha value is -1.69. The van der Waals surface area contributed by atoms with Gasteiger partial charge in [-0.25, -0.2) is 14.8 Å². The van der Waals surface area contributed by atoms with Gasteiger partial charge in [0.2, 0.25) is 0 Å². The monoisotopic (exact) mass is 306 g/mol. The summed E-state index contributed by atoms with van der Waals surface area (Å²) in [5.41, 5.74) is 6.09. The molecule has 0 aliphatic carbocycles. The molecule has 1 aliphatic heterocycles. The van der Waals surface area contributed by atoms with E-state index in [0.29, 0.717) is 19.5 Å². The van der Waals surface area contributed by atoms with Gasteiger partial charge in [0.25, 0.3) is 0 Å². The highest BCUT2D eigenvalue weighted by Gasteiger charge is 2.29. The zero-order valence-corrected chi connectivity index (χ0v) is 13.7. The second-order valence-corrected chi connectivity index (χ2v) is 6.70. The van der Waals surface area contributed by atoms with E-state index < -0.39 is 5.60 Å². The number of ether oxygens (including phenoxy) is 1. The molecule has 122 valence electrons. The fourth-order valence-electron chi connectivity index (χ4n) is 2.60. The van der Waals surface area contributed by atoms with E-state index in [2.05, 4.69) is 9.97 Å². The Labute approximate surface area is 132 Å². The first kappa shape index (κ1) is 16.7. The highest BCUT2D eigenvalue weighted by molar-refractivity contribution is 5.68. The third-order valence-corrected chi connectivity index (χ3v) is 3.59. The summed E-state index contributed by atoms with van der Waals surface area (Å²) < 4.78 is 5.46. The summed E-state index contributed by atoms with van der Waals surface area (Å²) in [5, 5.41) is 0. The summed E-state index contributed by atoms with van der Waals surface area (Å²) >= 11 is 0. The molecule has 0 spiro atoms. The van der Waals surface area contributed by atoms with Gasteiger partial charge in [-0.2, -0.15) is 0 Å². The molecule has 2 rings (SSSR count). The summed E-state index contributed by atoms with van der Waals surface area (Å²) in [5.74, 6) is 1.01. The second-order valence-electron chi connectivity index (χ2n) is 6.70. The van der Waals surface area contributed by atoms with E-state index in [1.54, 1.807) is 11.1 Å². The molecule has 0 aromatic carbocycles. The van der Waals surface area contributed by atoms with Crippen LogP contribution in [0, 0.1) is 0 Å². The number of nitrogens with zero attached hydrogens (tertiary/aromatic N) is 3. The van der Waals surface area contributed by atoms with E-state index in [0.717, 1.165) is 30.9 Å². The van der Waals surface area contributed by atoms with Crippen LogP contribution in [0.5, 0.6) is 0 Å². The van der Waals surface area contributed by atoms with Crippen molar-refractivity contribution < 1.29 is 9.53 Å². The van der Waals surface area contributed by atoms with Crippen molar-refractivity contribution in [2.24, 2.45) is 5.73 Å². The summed E-state index contributed by atoms with van der Waals surface area (Å²) in [6.07, 6.45) is 4.20. The average Bonchev–Trinajstić information content (AvgIpc) is 2.46. The van der Waals surface area contributed by atoms with Crippen molar-refractivity contribution in [2.75, 3.05) is 19.6 Å². The van der Waals surface area contributed by atoms with Crippen LogP contribution in [0.3, 0.4) is 0 Å². The number of likely N-dealkylation sites (tertiary alicyclic amines) is 1. The summed E-state index contributed by atoms with van der Waals surface area (Å²) in [6.45, 7) is 7.58. The molecule has 1 amide bonds. The number of carbonyl (C=O) groups is 1. The van der Waals surface area contributed by atoms with Crippen LogP contribution in [0.25, 0.3) is 0 Å². The Balaban J connectivity index is 2.04. The zero-order chi connectivity index (χ0) is 16.2. The molecule has 0 bridgehead atoms. The smallest absolute Gasteiger partial charge is 0.410 e. The third-order valence-electron chi connectivity index (χ3n) is 3.59. The van der Waals surface area contributed by atoms with Gasteiger partial charge in [0.05, 0.1) is 0 Å². The van der Waals surface area contributed by atoms with Crippen molar-refractivity contribution >= 4 is 6.09 Å². The predicted molar refractivity (Wildman–Crippen MR) is 84.6 cm³/mol. The molecule has 0 saturated carbocycles. The van der Waals surface area contributed by atoms with E-state index in [9.17, 15) is 4.79 Å². The molecule has 1 atom stereocenters. The standard InChI is InChI=1S/C16H26N4O2/c1-16(2,3)22-15(21)20-10-4-5-12(11-20)13-7-9-18-14(19-13)6-8-17/h7,9,12H,4-6,8,10-11,17H2,1-3H3. The summed E-state index contributed by atoms with van der Waals surface area (Å²) in [7, 11) is 0. The Bertz CT molecular complexity index is 513. The Morgan fingerprint density at radius 1 is 1.50 bits per heavy atom. The minimum Gasteiger partial charge on any atom is -0.444 e. The normalized spacial score (nSPS) is 19.1. The van der Waals surface area contributed by atoms with Crippen LogP contribution in [0.15, 0.2) is 12.3 Å². The SMILES string of the molecule is CC(C)(C)OC(=O)N1CCCC(c2ccnc(CCN)n2)C1. The minimum atomic E-state index is -0.465. The molecule has 1 aliphatic rings. The van der Waals surface area contributed by atoms with Crippen LogP contribution in [0.4, 0.5) is 4.79 Å². The molecule has 1 aromatic heterocycles. The Morgan fingerprint density at radius 3 is 2.95 bits per heavy atom. The lowest BCUT2D eigenvalue weighted by Gasteiger charge is -2.34. The lowest BCUT2D eigenvalue weighted by Crippen LogP contribution is -2.42. The molecule has 6 nitrogen and oxygen atoms in total. The predicted octanol–water partition coefficient (Wildman–Crippen LogP) is 2.09. The largest absolute Gasteiger partial charge is 0.444 e. The van der Waals surface area contributed by atoms with Crippen LogP contribution in [0.1, 0.15) is 51.0 Å². The number of aromatic nitrogens is 2. The highest BCUT2D eigenvalue weighted by Crippen LogP contribution is 2.26. The maximum atomic E-state index is 12.2. The molecule has 1 saturated heterocycles. The topological polar surface area (TPSA) is 81.3 Å². The number of carbonyl (C=O) groups excluding carboxylic acids is 1. The fraction of sp³-hybridized carbons (Fsp3) is 0.688. The molecule has 1 unspecified atom stereocenters. The number of rotatable bonds is 3. The van der Waals surface area contributed by atoms with Gasteiger partial charge in [-0.05, 0) is 46.2 Å². The van der Waals surface area contributed by atoms with Gasteiger partial charge in [0.15, 0.2) is 0 Å². The molecule has 2 heterocycles. The van der Waals surface area contributed by atoms with Gasteiger partial charge in [-0.15, -0.1) is 0 Å². The van der Waals surface area contributed by atoms with E-state index in [4.69, 9.17) is 10.5 Å². The molecule has 1 fully saturated rings. The molecule has 22 heavy (non-hydrogen) atoms. The average molecular weight is 306 g/mol. The van der Waals surface area contributed by atoms with E-state index in [-0.39, 0.29) is 12.0 Å². The van der Waals surface area contributed by atoms with Crippen LogP contribution in [0.2, 0.25) is 0 Å². The minimum absolute atomic E-state index is 0.237. The summed E-state index contributed by atoms with van der Waals surface area (Å²) in [4.78, 5) is 22.8. The quantitative estimate of drug-likeness (QED) is 0.924. The Morgan fingerprint density at radius 2 is 2.27 bits per heavy atom. The van der Waals surface area contributed by atoms with Crippen LogP contribution in [-0.2, 0) is 11.2 Å². The molecule has 0 radical (unpaired) electrons. The van der Waals surface area contributed by atoms with Crippen LogP contribution < -0.4 is 5.73 Å². The number of hydrogen-bond donors (Lipinski definition) is 1. The number of hydrogen-bond acceptors (Lipinski definition) is 5. The van der Waals surface area contributed by atoms with Crippen molar-refractivity contribution in [3.63, 3.8) is 0 Å². The molecular weight excluding hydrogens is 280 g/mol. The molecule has 6 heteroatoms. The zero-order valence-electron chi connectivity index (χ0n) is 13.7. The van der Waals surface area contributed by atoms with Gasteiger partial charge in [0.1, 0.15) is 11.4 Å². The molecule has 1 aromatic rings. The fourth-order valence-corrected chi connectivity index (χ4v) is 2.60. The molecular formula is C16H26N4O2. The molecule has 2 N–H and O–H groups in total. The first-order valence-electron chi connectivity index (χ1n) is 7.89. The van der Waals surface area contributed by atoms with Gasteiger partial charge in [-0.1, -0.05) is 0 Å². The summed E-state index contributed by atoms with van der Waals surface area (Å²) in [6, 6.07) is 1.93. The van der Waals surface area contributed by atoms with Crippen LogP contribution >= 0.6 is 0 Å². The van der Waals surface area contributed by atoms with Gasteiger partial charge < -0.3 is 15.4 Å². The number of piperidine rings is 1. The van der Waals surface area contributed by atoms with E-state index in [1.165, 1.54) is 0 Å². The van der Waals surface area contributed by atoms with Crippen LogP contribution in [-0.4, -0.2) is 46.2 Å². The number of nitrogens with two attached hydrogens (primary N) is 1. The lowest BCUT2D eigenvalue weighted by atomic mass is 9.95. The van der Waals surface area contributed by atoms with Crippen molar-refractivity contribution in [2.45, 2.75) is 51.6 Å². The first-order valence-corrected chi connectivity index (χ1v) is 7.89. The van der Waals surface area contributed by atoms with E-state index in [1.807, 2.05) is 26.8 Å².